The first-order valence-electron chi connectivity index (χ1n) is 9.86. The molecule has 8 N–H and O–H groups in total. The van der Waals surface area contributed by atoms with Crippen molar-refractivity contribution in [3.8, 4) is 0 Å². The second kappa shape index (κ2) is 10.6. The third kappa shape index (κ3) is 5.34. The first-order valence-corrected chi connectivity index (χ1v) is 9.86. The highest BCUT2D eigenvalue weighted by Gasteiger charge is 2.58. The molecule has 0 radical (unpaired) electrons. The van der Waals surface area contributed by atoms with Crippen molar-refractivity contribution in [2.45, 2.75) is 67.2 Å². The van der Waals surface area contributed by atoms with Gasteiger partial charge in [-0.1, -0.05) is 0 Å². The molecule has 14 nitrogen and oxygen atoms in total. The molecule has 0 aromatic carbocycles. The lowest BCUT2D eigenvalue weighted by atomic mass is 9.99. The Morgan fingerprint density at radius 1 is 0.903 bits per heavy atom. The van der Waals surface area contributed by atoms with Gasteiger partial charge in [0.15, 0.2) is 12.6 Å². The Kier molecular flexibility index (Phi) is 8.56. The van der Waals surface area contributed by atoms with Crippen LogP contribution in [0, 0.1) is 0 Å². The molecule has 11 atom stereocenters. The Bertz CT molecular complexity index is 563. The van der Waals surface area contributed by atoms with Crippen LogP contribution in [0.2, 0.25) is 0 Å². The van der Waals surface area contributed by atoms with E-state index in [0.29, 0.717) is 6.61 Å². The molecule has 14 heteroatoms. The van der Waals surface area contributed by atoms with Crippen molar-refractivity contribution in [2.24, 2.45) is 0 Å². The van der Waals surface area contributed by atoms with Gasteiger partial charge in [-0.15, -0.1) is 0 Å². The maximum atomic E-state index is 10.3. The highest BCUT2D eigenvalue weighted by molar-refractivity contribution is 4.98. The molecule has 0 saturated carbocycles. The van der Waals surface area contributed by atoms with Crippen molar-refractivity contribution < 1.29 is 69.3 Å². The molecule has 182 valence electrons. The van der Waals surface area contributed by atoms with Crippen LogP contribution in [0.1, 0.15) is 0 Å². The van der Waals surface area contributed by atoms with Crippen LogP contribution in [0.3, 0.4) is 0 Å². The van der Waals surface area contributed by atoms with Crippen LogP contribution in [0.5, 0.6) is 0 Å². The topological polar surface area (TPSA) is 221 Å². The molecular formula is C17H30O14. The Morgan fingerprint density at radius 3 is 2.16 bits per heavy atom. The minimum Gasteiger partial charge on any atom is -0.394 e. The molecule has 3 rings (SSSR count). The van der Waals surface area contributed by atoms with Crippen LogP contribution >= 0.6 is 0 Å². The average molecular weight is 458 g/mol. The van der Waals surface area contributed by atoms with E-state index < -0.39 is 74.3 Å². The number of hydrogen-bond acceptors (Lipinski definition) is 14. The maximum absolute atomic E-state index is 10.3. The second-order valence-electron chi connectivity index (χ2n) is 7.54. The molecule has 3 aliphatic rings. The summed E-state index contributed by atoms with van der Waals surface area (Å²) >= 11 is 0. The Morgan fingerprint density at radius 2 is 1.61 bits per heavy atom. The first kappa shape index (κ1) is 25.1. The van der Waals surface area contributed by atoms with Gasteiger partial charge in [0, 0.05) is 0 Å². The van der Waals surface area contributed by atoms with Crippen molar-refractivity contribution in [1.29, 1.82) is 0 Å². The summed E-state index contributed by atoms with van der Waals surface area (Å²) in [5, 5.41) is 78.8. The van der Waals surface area contributed by atoms with Gasteiger partial charge < -0.3 is 69.3 Å². The van der Waals surface area contributed by atoms with Gasteiger partial charge in [-0.05, 0) is 0 Å². The zero-order valence-corrected chi connectivity index (χ0v) is 16.5. The van der Waals surface area contributed by atoms with Gasteiger partial charge >= 0.3 is 0 Å². The number of rotatable bonds is 11. The first-order chi connectivity index (χ1) is 14.8. The predicted octanol–water partition coefficient (Wildman–Crippen LogP) is -5.64. The van der Waals surface area contributed by atoms with Gasteiger partial charge in [0.1, 0.15) is 55.4 Å². The van der Waals surface area contributed by atoms with E-state index in [1.165, 1.54) is 0 Å². The molecule has 31 heavy (non-hydrogen) atoms. The standard InChI is InChI=1S/C17H30O14/c18-1-2-26-15(9-5-27-9)28-4-8-10(21)12(23)13(24)16(29-8)31-17(6-20)14(25)11(22)7(3-19)30-17/h7-16,18-25H,1-6H2/t7-,8-,9?,10-,11-,12+,13-,14+,15?,16-,17+/m1/s1. The highest BCUT2D eigenvalue weighted by Crippen LogP contribution is 2.36. The van der Waals surface area contributed by atoms with E-state index in [2.05, 4.69) is 0 Å². The minimum atomic E-state index is -2.26. The fourth-order valence-electron chi connectivity index (χ4n) is 3.45. The summed E-state index contributed by atoms with van der Waals surface area (Å²) in [7, 11) is 0. The van der Waals surface area contributed by atoms with E-state index in [1.54, 1.807) is 0 Å². The summed E-state index contributed by atoms with van der Waals surface area (Å²) in [5.74, 6) is -2.26. The summed E-state index contributed by atoms with van der Waals surface area (Å²) in [4.78, 5) is 0. The molecule has 0 aliphatic carbocycles. The van der Waals surface area contributed by atoms with Crippen LogP contribution < -0.4 is 0 Å². The normalized spacial score (nSPS) is 46.3. The quantitative estimate of drug-likeness (QED) is 0.107. The van der Waals surface area contributed by atoms with Crippen molar-refractivity contribution in [3.63, 3.8) is 0 Å². The summed E-state index contributed by atoms with van der Waals surface area (Å²) in [5.41, 5.74) is 0. The fraction of sp³-hybridized carbons (Fsp3) is 1.00. The van der Waals surface area contributed by atoms with E-state index in [9.17, 15) is 35.7 Å². The van der Waals surface area contributed by atoms with Gasteiger partial charge in [-0.2, -0.15) is 0 Å². The number of aliphatic hydroxyl groups is 8. The molecule has 0 aromatic rings. The van der Waals surface area contributed by atoms with Crippen LogP contribution in [-0.2, 0) is 28.4 Å². The van der Waals surface area contributed by atoms with E-state index in [0.717, 1.165) is 0 Å². The number of aliphatic hydroxyl groups excluding tert-OH is 8. The van der Waals surface area contributed by atoms with Crippen LogP contribution in [0.15, 0.2) is 0 Å². The largest absolute Gasteiger partial charge is 0.394 e. The molecule has 0 bridgehead atoms. The smallest absolute Gasteiger partial charge is 0.224 e. The zero-order valence-electron chi connectivity index (χ0n) is 16.5. The molecule has 0 aromatic heterocycles. The number of ether oxygens (including phenoxy) is 6. The van der Waals surface area contributed by atoms with Crippen LogP contribution in [0.25, 0.3) is 0 Å². The average Bonchev–Trinajstić information content (AvgIpc) is 3.58. The SMILES string of the molecule is OCCOC(OC[C@H]1O[C@H](O[C@]2(CO)O[C@H](CO)[C@@H](O)[C@@H]2O)[C@H](O)[C@@H](O)[C@@H]1O)C1CO1. The van der Waals surface area contributed by atoms with Crippen molar-refractivity contribution in [3.05, 3.63) is 0 Å². The molecule has 3 fully saturated rings. The summed E-state index contributed by atoms with van der Waals surface area (Å²) in [6, 6.07) is 0. The van der Waals surface area contributed by atoms with Crippen LogP contribution in [0.4, 0.5) is 0 Å². The van der Waals surface area contributed by atoms with E-state index in [4.69, 9.17) is 33.5 Å². The molecule has 3 saturated heterocycles. The third-order valence-corrected chi connectivity index (χ3v) is 5.35. The van der Waals surface area contributed by atoms with Crippen molar-refractivity contribution in [1.82, 2.24) is 0 Å². The number of hydrogen-bond donors (Lipinski definition) is 8. The lowest BCUT2D eigenvalue weighted by Crippen LogP contribution is -2.63. The van der Waals surface area contributed by atoms with Gasteiger partial charge in [0.2, 0.25) is 5.79 Å². The van der Waals surface area contributed by atoms with E-state index in [1.807, 2.05) is 0 Å². The minimum absolute atomic E-state index is 0.0196. The second-order valence-corrected chi connectivity index (χ2v) is 7.54. The van der Waals surface area contributed by atoms with Crippen molar-refractivity contribution >= 4 is 0 Å². The Hall–Kier alpha value is -0.560. The van der Waals surface area contributed by atoms with Gasteiger partial charge in [-0.25, -0.2) is 0 Å². The third-order valence-electron chi connectivity index (χ3n) is 5.35. The van der Waals surface area contributed by atoms with E-state index in [-0.39, 0.29) is 25.9 Å². The highest BCUT2D eigenvalue weighted by atomic mass is 16.8. The van der Waals surface area contributed by atoms with Crippen molar-refractivity contribution in [2.75, 3.05) is 39.6 Å². The predicted molar refractivity (Wildman–Crippen MR) is 94.1 cm³/mol. The molecule has 3 aliphatic heterocycles. The van der Waals surface area contributed by atoms with Gasteiger partial charge in [0.05, 0.1) is 33.0 Å². The molecule has 3 heterocycles. The summed E-state index contributed by atoms with van der Waals surface area (Å²) < 4.78 is 32.0. The molecular weight excluding hydrogens is 428 g/mol. The van der Waals surface area contributed by atoms with Gasteiger partial charge in [-0.3, -0.25) is 0 Å². The lowest BCUT2D eigenvalue weighted by Gasteiger charge is -2.43. The van der Waals surface area contributed by atoms with Crippen LogP contribution in [-0.4, -0.2) is 148 Å². The molecule has 0 spiro atoms. The summed E-state index contributed by atoms with van der Waals surface area (Å²) in [6.45, 7) is -1.90. The monoisotopic (exact) mass is 458 g/mol. The Labute approximate surface area is 177 Å². The van der Waals surface area contributed by atoms with E-state index >= 15 is 0 Å². The van der Waals surface area contributed by atoms with Gasteiger partial charge in [0.25, 0.3) is 0 Å². The Balaban J connectivity index is 1.66. The summed E-state index contributed by atoms with van der Waals surface area (Å²) in [6.07, 6.45) is -14.0. The fourth-order valence-corrected chi connectivity index (χ4v) is 3.45. The maximum Gasteiger partial charge on any atom is 0.224 e. The number of epoxide rings is 1. The lowest BCUT2D eigenvalue weighted by molar-refractivity contribution is -0.385. The zero-order chi connectivity index (χ0) is 22.8. The molecule has 2 unspecified atom stereocenters. The molecule has 0 amide bonds.